The minimum absolute atomic E-state index is 0.00641. The molecule has 0 aliphatic rings. The van der Waals surface area contributed by atoms with Gasteiger partial charge in [0.1, 0.15) is 5.82 Å². The molecule has 16 heavy (non-hydrogen) atoms. The van der Waals surface area contributed by atoms with Gasteiger partial charge in [-0.25, -0.2) is 4.98 Å². The van der Waals surface area contributed by atoms with Gasteiger partial charge in [-0.05, 0) is 26.8 Å². The average Bonchev–Trinajstić information content (AvgIpc) is 2.24. The monoisotopic (exact) mass is 219 g/mol. The molecule has 3 nitrogen and oxygen atoms in total. The normalized spacial score (nSPS) is 11.2. The zero-order valence-electron chi connectivity index (χ0n) is 10.4. The molecule has 0 unspecified atom stereocenters. The third-order valence-corrected chi connectivity index (χ3v) is 2.46. The Bertz CT molecular complexity index is 352. The Balaban J connectivity index is 3.15. The summed E-state index contributed by atoms with van der Waals surface area (Å²) in [6, 6.07) is 3.94. The topological polar surface area (TPSA) is 42.2 Å². The molecule has 0 spiro atoms. The van der Waals surface area contributed by atoms with Crippen molar-refractivity contribution in [1.82, 2.24) is 4.98 Å². The van der Waals surface area contributed by atoms with Crippen molar-refractivity contribution in [3.8, 4) is 0 Å². The Labute approximate surface area is 98.0 Å². The van der Waals surface area contributed by atoms with Gasteiger partial charge in [-0.3, -0.25) is 0 Å². The fraction of sp³-hybridized carbons (Fsp3) is 0.462. The zero-order valence-corrected chi connectivity index (χ0v) is 10.4. The summed E-state index contributed by atoms with van der Waals surface area (Å²) in [5.41, 5.74) is 6.81. The van der Waals surface area contributed by atoms with Crippen LogP contribution in [-0.4, -0.2) is 17.1 Å². The second-order valence-corrected chi connectivity index (χ2v) is 4.76. The van der Waals surface area contributed by atoms with E-state index in [4.69, 9.17) is 5.73 Å². The van der Waals surface area contributed by atoms with E-state index in [0.29, 0.717) is 6.54 Å². The van der Waals surface area contributed by atoms with Gasteiger partial charge in [-0.2, -0.15) is 0 Å². The van der Waals surface area contributed by atoms with Crippen molar-refractivity contribution in [3.05, 3.63) is 36.5 Å². The standard InChI is InChI=1S/C13H21N3/c1-5-9-16(13(2,3)4)12-11(10-14)7-6-8-15-12/h5-8H,1,9-10,14H2,2-4H3. The number of hydrogen-bond acceptors (Lipinski definition) is 3. The maximum Gasteiger partial charge on any atom is 0.133 e. The molecule has 0 amide bonds. The molecule has 0 aliphatic carbocycles. The number of anilines is 1. The molecule has 0 saturated heterocycles. The van der Waals surface area contributed by atoms with Gasteiger partial charge in [0.25, 0.3) is 0 Å². The summed E-state index contributed by atoms with van der Waals surface area (Å²) in [6.45, 7) is 11.5. The van der Waals surface area contributed by atoms with Crippen molar-refractivity contribution in [3.63, 3.8) is 0 Å². The van der Waals surface area contributed by atoms with Gasteiger partial charge < -0.3 is 10.6 Å². The quantitative estimate of drug-likeness (QED) is 0.790. The van der Waals surface area contributed by atoms with Crippen LogP contribution in [0.25, 0.3) is 0 Å². The van der Waals surface area contributed by atoms with Crippen molar-refractivity contribution in [2.24, 2.45) is 5.73 Å². The van der Waals surface area contributed by atoms with Crippen LogP contribution in [0.15, 0.2) is 31.0 Å². The smallest absolute Gasteiger partial charge is 0.133 e. The Morgan fingerprint density at radius 3 is 2.69 bits per heavy atom. The minimum Gasteiger partial charge on any atom is -0.348 e. The Morgan fingerprint density at radius 2 is 2.19 bits per heavy atom. The molecule has 88 valence electrons. The molecule has 0 radical (unpaired) electrons. The molecule has 3 heteroatoms. The second kappa shape index (κ2) is 5.12. The largest absolute Gasteiger partial charge is 0.348 e. The lowest BCUT2D eigenvalue weighted by molar-refractivity contribution is 0.515. The van der Waals surface area contributed by atoms with Crippen molar-refractivity contribution >= 4 is 5.82 Å². The van der Waals surface area contributed by atoms with E-state index < -0.39 is 0 Å². The molecule has 0 aliphatic heterocycles. The van der Waals surface area contributed by atoms with Gasteiger partial charge in [0, 0.05) is 30.4 Å². The SMILES string of the molecule is C=CCN(c1ncccc1CN)C(C)(C)C. The van der Waals surface area contributed by atoms with E-state index in [0.717, 1.165) is 17.9 Å². The summed E-state index contributed by atoms with van der Waals surface area (Å²) in [7, 11) is 0. The molecule has 0 fully saturated rings. The van der Waals surface area contributed by atoms with E-state index >= 15 is 0 Å². The summed E-state index contributed by atoms with van der Waals surface area (Å²) in [5, 5.41) is 0. The van der Waals surface area contributed by atoms with Crippen LogP contribution >= 0.6 is 0 Å². The minimum atomic E-state index is 0.00641. The molecule has 2 N–H and O–H groups in total. The molecule has 0 bridgehead atoms. The first-order chi connectivity index (χ1) is 7.50. The molecule has 0 aromatic carbocycles. The number of pyridine rings is 1. The molecular weight excluding hydrogens is 198 g/mol. The van der Waals surface area contributed by atoms with Crippen molar-refractivity contribution in [2.75, 3.05) is 11.4 Å². The number of aromatic nitrogens is 1. The summed E-state index contributed by atoms with van der Waals surface area (Å²) in [4.78, 5) is 6.64. The predicted molar refractivity (Wildman–Crippen MR) is 69.4 cm³/mol. The first-order valence-corrected chi connectivity index (χ1v) is 5.53. The number of nitrogens with two attached hydrogens (primary N) is 1. The van der Waals surface area contributed by atoms with Crippen molar-refractivity contribution in [2.45, 2.75) is 32.9 Å². The third kappa shape index (κ3) is 2.83. The van der Waals surface area contributed by atoms with Gasteiger partial charge in [0.2, 0.25) is 0 Å². The molecule has 0 atom stereocenters. The van der Waals surface area contributed by atoms with E-state index in [1.807, 2.05) is 18.2 Å². The highest BCUT2D eigenvalue weighted by Gasteiger charge is 2.23. The Hall–Kier alpha value is -1.35. The summed E-state index contributed by atoms with van der Waals surface area (Å²) >= 11 is 0. The lowest BCUT2D eigenvalue weighted by Gasteiger charge is -2.37. The van der Waals surface area contributed by atoms with Crippen LogP contribution in [0.4, 0.5) is 5.82 Å². The Kier molecular flexibility index (Phi) is 4.07. The zero-order chi connectivity index (χ0) is 12.2. The summed E-state index contributed by atoms with van der Waals surface area (Å²) in [6.07, 6.45) is 3.69. The van der Waals surface area contributed by atoms with Crippen molar-refractivity contribution < 1.29 is 0 Å². The summed E-state index contributed by atoms with van der Waals surface area (Å²) in [5.74, 6) is 0.956. The van der Waals surface area contributed by atoms with E-state index in [9.17, 15) is 0 Å². The van der Waals surface area contributed by atoms with Crippen LogP contribution in [0.5, 0.6) is 0 Å². The van der Waals surface area contributed by atoms with Crippen LogP contribution in [-0.2, 0) is 6.54 Å². The van der Waals surface area contributed by atoms with Crippen LogP contribution < -0.4 is 10.6 Å². The van der Waals surface area contributed by atoms with Gasteiger partial charge in [-0.15, -0.1) is 6.58 Å². The number of rotatable bonds is 4. The first-order valence-electron chi connectivity index (χ1n) is 5.53. The maximum absolute atomic E-state index is 5.74. The highest BCUT2D eigenvalue weighted by atomic mass is 15.2. The maximum atomic E-state index is 5.74. The highest BCUT2D eigenvalue weighted by molar-refractivity contribution is 5.49. The van der Waals surface area contributed by atoms with E-state index in [1.54, 1.807) is 6.20 Å². The highest BCUT2D eigenvalue weighted by Crippen LogP contribution is 2.24. The van der Waals surface area contributed by atoms with Gasteiger partial charge in [-0.1, -0.05) is 12.1 Å². The fourth-order valence-corrected chi connectivity index (χ4v) is 1.64. The predicted octanol–water partition coefficient (Wildman–Crippen LogP) is 2.33. The lowest BCUT2D eigenvalue weighted by atomic mass is 10.0. The molecule has 1 heterocycles. The van der Waals surface area contributed by atoms with E-state index in [2.05, 4.69) is 37.2 Å². The second-order valence-electron chi connectivity index (χ2n) is 4.76. The van der Waals surface area contributed by atoms with Crippen molar-refractivity contribution in [1.29, 1.82) is 0 Å². The van der Waals surface area contributed by atoms with E-state index in [-0.39, 0.29) is 5.54 Å². The van der Waals surface area contributed by atoms with E-state index in [1.165, 1.54) is 0 Å². The lowest BCUT2D eigenvalue weighted by Crippen LogP contribution is -2.42. The fourth-order valence-electron chi connectivity index (χ4n) is 1.64. The van der Waals surface area contributed by atoms with Crippen LogP contribution in [0.2, 0.25) is 0 Å². The number of nitrogens with zero attached hydrogens (tertiary/aromatic N) is 2. The Morgan fingerprint density at radius 1 is 1.50 bits per heavy atom. The summed E-state index contributed by atoms with van der Waals surface area (Å²) < 4.78 is 0. The molecule has 1 rings (SSSR count). The van der Waals surface area contributed by atoms with Gasteiger partial charge in [0.15, 0.2) is 0 Å². The number of hydrogen-bond donors (Lipinski definition) is 1. The first kappa shape index (κ1) is 12.7. The van der Waals surface area contributed by atoms with Crippen LogP contribution in [0, 0.1) is 0 Å². The molecule has 1 aromatic heterocycles. The van der Waals surface area contributed by atoms with Gasteiger partial charge in [0.05, 0.1) is 0 Å². The van der Waals surface area contributed by atoms with Crippen LogP contribution in [0.1, 0.15) is 26.3 Å². The molecular formula is C13H21N3. The van der Waals surface area contributed by atoms with Crippen LogP contribution in [0.3, 0.4) is 0 Å². The van der Waals surface area contributed by atoms with Gasteiger partial charge >= 0.3 is 0 Å². The average molecular weight is 219 g/mol. The molecule has 1 aromatic rings. The molecule has 0 saturated carbocycles. The third-order valence-electron chi connectivity index (χ3n) is 2.46.